The lowest BCUT2D eigenvalue weighted by atomic mass is 9.86. The van der Waals surface area contributed by atoms with Crippen LogP contribution in [0.15, 0.2) is 6.20 Å². The van der Waals surface area contributed by atoms with Gasteiger partial charge in [-0.3, -0.25) is 4.79 Å². The van der Waals surface area contributed by atoms with Crippen LogP contribution in [0, 0.1) is 5.92 Å². The summed E-state index contributed by atoms with van der Waals surface area (Å²) in [6, 6.07) is 0. The van der Waals surface area contributed by atoms with Crippen LogP contribution in [0.25, 0.3) is 0 Å². The minimum Gasteiger partial charge on any atom is -0.343 e. The van der Waals surface area contributed by atoms with E-state index in [1.54, 1.807) is 0 Å². The van der Waals surface area contributed by atoms with Crippen LogP contribution in [0.2, 0.25) is 0 Å². The van der Waals surface area contributed by atoms with E-state index in [1.807, 2.05) is 6.20 Å². The summed E-state index contributed by atoms with van der Waals surface area (Å²) in [7, 11) is 0. The van der Waals surface area contributed by atoms with Gasteiger partial charge in [-0.15, -0.1) is 0 Å². The van der Waals surface area contributed by atoms with Crippen LogP contribution in [0.5, 0.6) is 0 Å². The SMILES string of the molecule is O=C(CC1CCCCC1)N1CCC(c2ncc3c(n2)CCNC3)CC1. The number of carbonyl (C=O) groups is 1. The first-order chi connectivity index (χ1) is 12.3. The van der Waals surface area contributed by atoms with Crippen molar-refractivity contribution in [1.82, 2.24) is 20.2 Å². The third kappa shape index (κ3) is 4.02. The molecule has 25 heavy (non-hydrogen) atoms. The second-order valence-electron chi connectivity index (χ2n) is 7.99. The Balaban J connectivity index is 1.31. The molecule has 3 aliphatic rings. The molecular weight excluding hydrogens is 312 g/mol. The summed E-state index contributed by atoms with van der Waals surface area (Å²) in [5.74, 6) is 2.43. The fourth-order valence-electron chi connectivity index (χ4n) is 4.60. The van der Waals surface area contributed by atoms with E-state index in [1.165, 1.54) is 43.4 Å². The third-order valence-corrected chi connectivity index (χ3v) is 6.23. The zero-order chi connectivity index (χ0) is 17.1. The van der Waals surface area contributed by atoms with Gasteiger partial charge in [-0.2, -0.15) is 0 Å². The van der Waals surface area contributed by atoms with Gasteiger partial charge in [0.2, 0.25) is 5.91 Å². The zero-order valence-electron chi connectivity index (χ0n) is 15.2. The van der Waals surface area contributed by atoms with Gasteiger partial charge in [0.25, 0.3) is 0 Å². The van der Waals surface area contributed by atoms with Crippen LogP contribution in [-0.2, 0) is 17.8 Å². The molecule has 0 radical (unpaired) electrons. The highest BCUT2D eigenvalue weighted by molar-refractivity contribution is 5.76. The van der Waals surface area contributed by atoms with Crippen molar-refractivity contribution in [2.24, 2.45) is 5.92 Å². The minimum atomic E-state index is 0.378. The quantitative estimate of drug-likeness (QED) is 0.918. The van der Waals surface area contributed by atoms with Gasteiger partial charge in [-0.25, -0.2) is 9.97 Å². The standard InChI is InChI=1S/C20H30N4O/c25-19(12-15-4-2-1-3-5-15)24-10-7-16(8-11-24)20-22-14-17-13-21-9-6-18(17)23-20/h14-16,21H,1-13H2. The number of hydrogen-bond donors (Lipinski definition) is 1. The van der Waals surface area contributed by atoms with Crippen molar-refractivity contribution in [3.05, 3.63) is 23.3 Å². The molecule has 5 nitrogen and oxygen atoms in total. The van der Waals surface area contributed by atoms with E-state index >= 15 is 0 Å². The number of piperidine rings is 1. The lowest BCUT2D eigenvalue weighted by Crippen LogP contribution is -2.39. The molecule has 0 spiro atoms. The molecular formula is C20H30N4O. The first kappa shape index (κ1) is 17.0. The van der Waals surface area contributed by atoms with Gasteiger partial charge in [0.1, 0.15) is 5.82 Å². The second kappa shape index (κ2) is 7.81. The van der Waals surface area contributed by atoms with Crippen molar-refractivity contribution in [2.75, 3.05) is 19.6 Å². The highest BCUT2D eigenvalue weighted by atomic mass is 16.2. The molecule has 0 aromatic carbocycles. The van der Waals surface area contributed by atoms with Crippen molar-refractivity contribution < 1.29 is 4.79 Å². The van der Waals surface area contributed by atoms with Crippen molar-refractivity contribution in [3.8, 4) is 0 Å². The maximum absolute atomic E-state index is 12.6. The van der Waals surface area contributed by atoms with E-state index in [2.05, 4.69) is 15.2 Å². The van der Waals surface area contributed by atoms with E-state index in [-0.39, 0.29) is 0 Å². The molecule has 136 valence electrons. The van der Waals surface area contributed by atoms with Crippen LogP contribution >= 0.6 is 0 Å². The molecule has 0 unspecified atom stereocenters. The molecule has 0 atom stereocenters. The van der Waals surface area contributed by atoms with Crippen LogP contribution < -0.4 is 5.32 Å². The number of carbonyl (C=O) groups excluding carboxylic acids is 1. The highest BCUT2D eigenvalue weighted by Crippen LogP contribution is 2.30. The number of nitrogens with zero attached hydrogens (tertiary/aromatic N) is 3. The third-order valence-electron chi connectivity index (χ3n) is 6.23. The second-order valence-corrected chi connectivity index (χ2v) is 7.99. The number of hydrogen-bond acceptors (Lipinski definition) is 4. The van der Waals surface area contributed by atoms with Gasteiger partial charge < -0.3 is 10.2 Å². The Bertz CT molecular complexity index is 604. The molecule has 1 aromatic rings. The van der Waals surface area contributed by atoms with Crippen molar-refractivity contribution in [2.45, 2.75) is 70.3 Å². The molecule has 1 saturated heterocycles. The largest absolute Gasteiger partial charge is 0.343 e. The Morgan fingerprint density at radius 1 is 1.16 bits per heavy atom. The monoisotopic (exact) mass is 342 g/mol. The Labute approximate surface area is 150 Å². The molecule has 5 heteroatoms. The van der Waals surface area contributed by atoms with Gasteiger partial charge >= 0.3 is 0 Å². The fraction of sp³-hybridized carbons (Fsp3) is 0.750. The van der Waals surface area contributed by atoms with E-state index in [0.29, 0.717) is 17.7 Å². The number of rotatable bonds is 3. The molecule has 1 N–H and O–H groups in total. The summed E-state index contributed by atoms with van der Waals surface area (Å²) in [5, 5.41) is 3.37. The van der Waals surface area contributed by atoms with E-state index in [4.69, 9.17) is 4.98 Å². The number of nitrogens with one attached hydrogen (secondary N) is 1. The van der Waals surface area contributed by atoms with Gasteiger partial charge in [0.05, 0.1) is 0 Å². The minimum absolute atomic E-state index is 0.378. The maximum Gasteiger partial charge on any atom is 0.222 e. The lowest BCUT2D eigenvalue weighted by Gasteiger charge is -2.33. The van der Waals surface area contributed by atoms with E-state index in [0.717, 1.165) is 57.7 Å². The van der Waals surface area contributed by atoms with Crippen LogP contribution in [-0.4, -0.2) is 40.4 Å². The number of likely N-dealkylation sites (tertiary alicyclic amines) is 1. The van der Waals surface area contributed by atoms with Gasteiger partial charge in [0, 0.05) is 62.4 Å². The highest BCUT2D eigenvalue weighted by Gasteiger charge is 2.27. The summed E-state index contributed by atoms with van der Waals surface area (Å²) < 4.78 is 0. The Morgan fingerprint density at radius 3 is 2.76 bits per heavy atom. The molecule has 0 bridgehead atoms. The molecule has 1 aromatic heterocycles. The summed E-state index contributed by atoms with van der Waals surface area (Å²) >= 11 is 0. The van der Waals surface area contributed by atoms with Crippen LogP contribution in [0.4, 0.5) is 0 Å². The molecule has 4 rings (SSSR count). The molecule has 3 heterocycles. The van der Waals surface area contributed by atoms with Crippen LogP contribution in [0.1, 0.15) is 74.4 Å². The van der Waals surface area contributed by atoms with E-state index in [9.17, 15) is 4.79 Å². The smallest absolute Gasteiger partial charge is 0.222 e. The first-order valence-electron chi connectivity index (χ1n) is 10.1. The Morgan fingerprint density at radius 2 is 1.96 bits per heavy atom. The van der Waals surface area contributed by atoms with E-state index < -0.39 is 0 Å². The van der Waals surface area contributed by atoms with Gasteiger partial charge in [-0.1, -0.05) is 19.3 Å². The predicted octanol–water partition coefficient (Wildman–Crippen LogP) is 2.80. The Kier molecular flexibility index (Phi) is 5.30. The Hall–Kier alpha value is -1.49. The fourth-order valence-corrected chi connectivity index (χ4v) is 4.60. The van der Waals surface area contributed by atoms with Crippen molar-refractivity contribution in [3.63, 3.8) is 0 Å². The maximum atomic E-state index is 12.6. The lowest BCUT2D eigenvalue weighted by molar-refractivity contribution is -0.133. The average molecular weight is 342 g/mol. The molecule has 2 aliphatic heterocycles. The summed E-state index contributed by atoms with van der Waals surface area (Å²) in [6.07, 6.45) is 12.3. The summed E-state index contributed by atoms with van der Waals surface area (Å²) in [5.41, 5.74) is 2.47. The number of amides is 1. The topological polar surface area (TPSA) is 58.1 Å². The van der Waals surface area contributed by atoms with Crippen LogP contribution in [0.3, 0.4) is 0 Å². The summed E-state index contributed by atoms with van der Waals surface area (Å²) in [4.78, 5) is 24.1. The van der Waals surface area contributed by atoms with Gasteiger partial charge in [0.15, 0.2) is 0 Å². The summed E-state index contributed by atoms with van der Waals surface area (Å²) in [6.45, 7) is 3.65. The molecule has 1 amide bonds. The average Bonchev–Trinajstić information content (AvgIpc) is 2.68. The zero-order valence-corrected chi connectivity index (χ0v) is 15.2. The first-order valence-corrected chi connectivity index (χ1v) is 10.1. The van der Waals surface area contributed by atoms with Crippen molar-refractivity contribution in [1.29, 1.82) is 0 Å². The number of aromatic nitrogens is 2. The molecule has 1 aliphatic carbocycles. The van der Waals surface area contributed by atoms with Gasteiger partial charge in [-0.05, 0) is 31.6 Å². The number of fused-ring (bicyclic) bond motifs is 1. The normalized spacial score (nSPS) is 22.6. The molecule has 1 saturated carbocycles. The molecule has 2 fully saturated rings. The predicted molar refractivity (Wildman–Crippen MR) is 97.2 cm³/mol. The van der Waals surface area contributed by atoms with Crippen molar-refractivity contribution >= 4 is 5.91 Å².